The van der Waals surface area contributed by atoms with E-state index in [4.69, 9.17) is 0 Å². The summed E-state index contributed by atoms with van der Waals surface area (Å²) in [5.41, 5.74) is 2.19. The number of carbonyl (C=O) groups is 1. The molecule has 0 atom stereocenters. The Labute approximate surface area is 146 Å². The third-order valence-electron chi connectivity index (χ3n) is 3.65. The average Bonchev–Trinajstić information content (AvgIpc) is 2.55. The van der Waals surface area contributed by atoms with Crippen molar-refractivity contribution < 1.29 is 4.79 Å². The van der Waals surface area contributed by atoms with Gasteiger partial charge < -0.3 is 10.2 Å². The monoisotopic (exact) mass is 374 g/mol. The van der Waals surface area contributed by atoms with Crippen molar-refractivity contribution in [2.24, 2.45) is 0 Å². The maximum atomic E-state index is 12.5. The van der Waals surface area contributed by atoms with Gasteiger partial charge in [0.15, 0.2) is 0 Å². The van der Waals surface area contributed by atoms with Crippen molar-refractivity contribution >= 4 is 27.5 Å². The molecule has 0 aromatic heterocycles. The highest BCUT2D eigenvalue weighted by Gasteiger charge is 2.16. The molecule has 0 heterocycles. The van der Waals surface area contributed by atoms with Crippen LogP contribution in [-0.2, 0) is 11.3 Å². The highest BCUT2D eigenvalue weighted by atomic mass is 79.9. The predicted molar refractivity (Wildman–Crippen MR) is 99.4 cm³/mol. The summed E-state index contributed by atoms with van der Waals surface area (Å²) < 4.78 is 1.05. The molecule has 0 saturated heterocycles. The predicted octanol–water partition coefficient (Wildman–Crippen LogP) is 4.69. The molecule has 0 saturated carbocycles. The van der Waals surface area contributed by atoms with Crippen molar-refractivity contribution in [3.8, 4) is 0 Å². The van der Waals surface area contributed by atoms with E-state index in [1.54, 1.807) is 0 Å². The zero-order chi connectivity index (χ0) is 16.7. The van der Waals surface area contributed by atoms with E-state index < -0.39 is 0 Å². The fraction of sp³-hybridized carbons (Fsp3) is 0.316. The SMILES string of the molecule is CC(C)N(Cc1ccccc1)C(=O)CCNc1ccc(Br)cc1. The fourth-order valence-electron chi connectivity index (χ4n) is 2.36. The fourth-order valence-corrected chi connectivity index (χ4v) is 2.63. The number of anilines is 1. The first kappa shape index (κ1) is 17.5. The summed E-state index contributed by atoms with van der Waals surface area (Å²) in [7, 11) is 0. The van der Waals surface area contributed by atoms with Crippen LogP contribution in [-0.4, -0.2) is 23.4 Å². The van der Waals surface area contributed by atoms with Gasteiger partial charge in [0.2, 0.25) is 5.91 Å². The van der Waals surface area contributed by atoms with Crippen LogP contribution in [0.5, 0.6) is 0 Å². The third-order valence-corrected chi connectivity index (χ3v) is 4.18. The molecular formula is C19H23BrN2O. The maximum Gasteiger partial charge on any atom is 0.224 e. The number of halogens is 1. The van der Waals surface area contributed by atoms with E-state index in [-0.39, 0.29) is 11.9 Å². The van der Waals surface area contributed by atoms with Crippen molar-refractivity contribution in [2.75, 3.05) is 11.9 Å². The molecule has 0 bridgehead atoms. The summed E-state index contributed by atoms with van der Waals surface area (Å²) in [6, 6.07) is 18.3. The van der Waals surface area contributed by atoms with Gasteiger partial charge in [-0.3, -0.25) is 4.79 Å². The molecular weight excluding hydrogens is 352 g/mol. The lowest BCUT2D eigenvalue weighted by molar-refractivity contribution is -0.133. The molecule has 3 nitrogen and oxygen atoms in total. The summed E-state index contributed by atoms with van der Waals surface area (Å²) in [5, 5.41) is 3.29. The van der Waals surface area contributed by atoms with E-state index in [0.717, 1.165) is 15.7 Å². The van der Waals surface area contributed by atoms with Gasteiger partial charge in [0.1, 0.15) is 0 Å². The number of hydrogen-bond acceptors (Lipinski definition) is 2. The van der Waals surface area contributed by atoms with Gasteiger partial charge in [-0.2, -0.15) is 0 Å². The van der Waals surface area contributed by atoms with E-state index in [1.165, 1.54) is 0 Å². The molecule has 0 spiro atoms. The van der Waals surface area contributed by atoms with Crippen LogP contribution in [0.3, 0.4) is 0 Å². The zero-order valence-corrected chi connectivity index (χ0v) is 15.2. The zero-order valence-electron chi connectivity index (χ0n) is 13.6. The number of nitrogens with one attached hydrogen (secondary N) is 1. The standard InChI is InChI=1S/C19H23BrN2O/c1-15(2)22(14-16-6-4-3-5-7-16)19(23)12-13-21-18-10-8-17(20)9-11-18/h3-11,15,21H,12-14H2,1-2H3. The Bertz CT molecular complexity index is 611. The Balaban J connectivity index is 1.87. The van der Waals surface area contributed by atoms with Crippen molar-refractivity contribution in [2.45, 2.75) is 32.9 Å². The Morgan fingerprint density at radius 1 is 1.09 bits per heavy atom. The first-order chi connectivity index (χ1) is 11.1. The molecule has 0 aliphatic heterocycles. The van der Waals surface area contributed by atoms with Crippen LogP contribution in [0, 0.1) is 0 Å². The normalized spacial score (nSPS) is 10.6. The van der Waals surface area contributed by atoms with Crippen molar-refractivity contribution in [1.82, 2.24) is 4.90 Å². The molecule has 0 fully saturated rings. The van der Waals surface area contributed by atoms with Crippen LogP contribution in [0.2, 0.25) is 0 Å². The maximum absolute atomic E-state index is 12.5. The lowest BCUT2D eigenvalue weighted by Crippen LogP contribution is -2.37. The van der Waals surface area contributed by atoms with Crippen LogP contribution in [0.25, 0.3) is 0 Å². The van der Waals surface area contributed by atoms with E-state index in [9.17, 15) is 4.79 Å². The molecule has 0 aliphatic carbocycles. The number of benzene rings is 2. The number of hydrogen-bond donors (Lipinski definition) is 1. The average molecular weight is 375 g/mol. The lowest BCUT2D eigenvalue weighted by Gasteiger charge is -2.27. The summed E-state index contributed by atoms with van der Waals surface area (Å²) in [6.45, 7) is 5.42. The largest absolute Gasteiger partial charge is 0.385 e. The number of rotatable bonds is 7. The number of nitrogens with zero attached hydrogens (tertiary/aromatic N) is 1. The topological polar surface area (TPSA) is 32.3 Å². The quantitative estimate of drug-likeness (QED) is 0.762. The van der Waals surface area contributed by atoms with Crippen molar-refractivity contribution in [3.63, 3.8) is 0 Å². The molecule has 2 aromatic rings. The summed E-state index contributed by atoms with van der Waals surface area (Å²) in [5.74, 6) is 0.175. The highest BCUT2D eigenvalue weighted by molar-refractivity contribution is 9.10. The van der Waals surface area contributed by atoms with Crippen molar-refractivity contribution in [1.29, 1.82) is 0 Å². The molecule has 122 valence electrons. The number of carbonyl (C=O) groups excluding carboxylic acids is 1. The molecule has 2 aromatic carbocycles. The molecule has 23 heavy (non-hydrogen) atoms. The second-order valence-corrected chi connectivity index (χ2v) is 6.70. The van der Waals surface area contributed by atoms with Crippen LogP contribution < -0.4 is 5.32 Å². The molecule has 1 N–H and O–H groups in total. The second kappa shape index (κ2) is 8.73. The van der Waals surface area contributed by atoms with E-state index >= 15 is 0 Å². The summed E-state index contributed by atoms with van der Waals surface area (Å²) in [4.78, 5) is 14.4. The van der Waals surface area contributed by atoms with Gasteiger partial charge in [-0.15, -0.1) is 0 Å². The van der Waals surface area contributed by atoms with Crippen LogP contribution >= 0.6 is 15.9 Å². The van der Waals surface area contributed by atoms with E-state index in [2.05, 4.69) is 47.2 Å². The molecule has 0 aliphatic rings. The Hall–Kier alpha value is -1.81. The Kier molecular flexibility index (Phi) is 6.66. The molecule has 2 rings (SSSR count). The van der Waals surface area contributed by atoms with Gasteiger partial charge in [0.05, 0.1) is 0 Å². The van der Waals surface area contributed by atoms with Crippen molar-refractivity contribution in [3.05, 3.63) is 64.6 Å². The smallest absolute Gasteiger partial charge is 0.224 e. The second-order valence-electron chi connectivity index (χ2n) is 5.78. The first-order valence-electron chi connectivity index (χ1n) is 7.89. The Morgan fingerprint density at radius 2 is 1.74 bits per heavy atom. The van der Waals surface area contributed by atoms with E-state index in [0.29, 0.717) is 19.5 Å². The van der Waals surface area contributed by atoms with Gasteiger partial charge in [0, 0.05) is 35.7 Å². The van der Waals surface area contributed by atoms with Gasteiger partial charge in [-0.25, -0.2) is 0 Å². The van der Waals surface area contributed by atoms with Gasteiger partial charge in [-0.1, -0.05) is 46.3 Å². The van der Waals surface area contributed by atoms with Crippen LogP contribution in [0.1, 0.15) is 25.8 Å². The van der Waals surface area contributed by atoms with Gasteiger partial charge in [0.25, 0.3) is 0 Å². The molecule has 4 heteroatoms. The molecule has 1 amide bonds. The third kappa shape index (κ3) is 5.71. The van der Waals surface area contributed by atoms with Gasteiger partial charge in [-0.05, 0) is 43.7 Å². The lowest BCUT2D eigenvalue weighted by atomic mass is 10.1. The molecule has 0 radical (unpaired) electrons. The van der Waals surface area contributed by atoms with Gasteiger partial charge >= 0.3 is 0 Å². The highest BCUT2D eigenvalue weighted by Crippen LogP contribution is 2.14. The minimum atomic E-state index is 0.175. The molecule has 0 unspecified atom stereocenters. The first-order valence-corrected chi connectivity index (χ1v) is 8.68. The summed E-state index contributed by atoms with van der Waals surface area (Å²) >= 11 is 3.41. The van der Waals surface area contributed by atoms with Crippen LogP contribution in [0.15, 0.2) is 59.1 Å². The summed E-state index contributed by atoms with van der Waals surface area (Å²) in [6.07, 6.45) is 0.487. The minimum absolute atomic E-state index is 0.175. The van der Waals surface area contributed by atoms with E-state index in [1.807, 2.05) is 47.4 Å². The minimum Gasteiger partial charge on any atom is -0.385 e. The van der Waals surface area contributed by atoms with Crippen LogP contribution in [0.4, 0.5) is 5.69 Å². The Morgan fingerprint density at radius 3 is 2.35 bits per heavy atom. The number of amides is 1.